The second-order valence-corrected chi connectivity index (χ2v) is 4.06. The molecule has 1 aliphatic rings. The van der Waals surface area contributed by atoms with Gasteiger partial charge in [0.25, 0.3) is 0 Å². The molecule has 0 aromatic heterocycles. The minimum Gasteiger partial charge on any atom is -0.493 e. The molecule has 0 bridgehead atoms. The van der Waals surface area contributed by atoms with Gasteiger partial charge in [-0.05, 0) is 13.1 Å². The molecule has 0 atom stereocenters. The van der Waals surface area contributed by atoms with Gasteiger partial charge in [0.1, 0.15) is 5.75 Å². The Hall–Kier alpha value is -1.63. The fourth-order valence-corrected chi connectivity index (χ4v) is 1.71. The van der Waals surface area contributed by atoms with Crippen LogP contribution in [0, 0.1) is 0 Å². The summed E-state index contributed by atoms with van der Waals surface area (Å²) in [5.41, 5.74) is 0.730. The van der Waals surface area contributed by atoms with Gasteiger partial charge in [-0.25, -0.2) is 0 Å². The van der Waals surface area contributed by atoms with Crippen LogP contribution in [0.3, 0.4) is 0 Å². The molecule has 0 fully saturated rings. The molecule has 0 saturated carbocycles. The van der Waals surface area contributed by atoms with Gasteiger partial charge in [-0.1, -0.05) is 0 Å². The third-order valence-corrected chi connectivity index (χ3v) is 2.57. The molecule has 19 heavy (non-hydrogen) atoms. The van der Waals surface area contributed by atoms with Crippen LogP contribution in [0.4, 0.5) is 13.2 Å². The van der Waals surface area contributed by atoms with Gasteiger partial charge in [0, 0.05) is 18.2 Å². The number of halogens is 3. The van der Waals surface area contributed by atoms with Crippen molar-refractivity contribution < 1.29 is 27.4 Å². The highest BCUT2D eigenvalue weighted by Crippen LogP contribution is 2.38. The van der Waals surface area contributed by atoms with E-state index in [-0.39, 0.29) is 6.79 Å². The monoisotopic (exact) mass is 277 g/mol. The summed E-state index contributed by atoms with van der Waals surface area (Å²) in [6, 6.07) is 3.27. The van der Waals surface area contributed by atoms with Gasteiger partial charge in [-0.15, -0.1) is 0 Å². The average molecular weight is 277 g/mol. The predicted octanol–water partition coefficient (Wildman–Crippen LogP) is 2.47. The molecule has 106 valence electrons. The molecule has 1 aromatic carbocycles. The lowest BCUT2D eigenvalue weighted by Crippen LogP contribution is -2.14. The van der Waals surface area contributed by atoms with E-state index in [4.69, 9.17) is 14.2 Å². The highest BCUT2D eigenvalue weighted by atomic mass is 19.4. The molecule has 2 rings (SSSR count). The van der Waals surface area contributed by atoms with E-state index in [9.17, 15) is 13.2 Å². The number of fused-ring (bicyclic) bond motifs is 1. The summed E-state index contributed by atoms with van der Waals surface area (Å²) >= 11 is 0. The van der Waals surface area contributed by atoms with Crippen molar-refractivity contribution in [1.29, 1.82) is 0 Å². The lowest BCUT2D eigenvalue weighted by atomic mass is 10.1. The van der Waals surface area contributed by atoms with E-state index in [1.54, 1.807) is 19.2 Å². The van der Waals surface area contributed by atoms with E-state index >= 15 is 0 Å². The molecule has 0 aliphatic carbocycles. The maximum absolute atomic E-state index is 12.1. The second kappa shape index (κ2) is 5.56. The van der Waals surface area contributed by atoms with Crippen molar-refractivity contribution in [2.45, 2.75) is 19.1 Å². The van der Waals surface area contributed by atoms with Crippen molar-refractivity contribution in [3.8, 4) is 17.2 Å². The Kier molecular flexibility index (Phi) is 4.04. The molecule has 0 saturated heterocycles. The van der Waals surface area contributed by atoms with Crippen LogP contribution in [-0.2, 0) is 6.54 Å². The van der Waals surface area contributed by atoms with Crippen molar-refractivity contribution in [2.75, 3.05) is 20.4 Å². The number of hydrogen-bond acceptors (Lipinski definition) is 4. The largest absolute Gasteiger partial charge is 0.493 e. The molecule has 0 radical (unpaired) electrons. The van der Waals surface area contributed by atoms with Gasteiger partial charge in [-0.2, -0.15) is 13.2 Å². The van der Waals surface area contributed by atoms with Crippen LogP contribution >= 0.6 is 0 Å². The van der Waals surface area contributed by atoms with E-state index in [1.807, 2.05) is 0 Å². The molecular weight excluding hydrogens is 263 g/mol. The van der Waals surface area contributed by atoms with Crippen molar-refractivity contribution in [3.63, 3.8) is 0 Å². The number of ether oxygens (including phenoxy) is 3. The fraction of sp³-hybridized carbons (Fsp3) is 0.500. The summed E-state index contributed by atoms with van der Waals surface area (Å²) in [5, 5.41) is 2.92. The normalized spacial score (nSPS) is 13.7. The van der Waals surface area contributed by atoms with Crippen LogP contribution in [0.15, 0.2) is 12.1 Å². The number of alkyl halides is 3. The molecule has 0 unspecified atom stereocenters. The third kappa shape index (κ3) is 3.66. The first-order valence-corrected chi connectivity index (χ1v) is 5.76. The quantitative estimate of drug-likeness (QED) is 0.897. The summed E-state index contributed by atoms with van der Waals surface area (Å²) in [6.07, 6.45) is -5.21. The molecule has 4 nitrogen and oxygen atoms in total. The smallest absolute Gasteiger partial charge is 0.392 e. The van der Waals surface area contributed by atoms with Crippen LogP contribution in [0.5, 0.6) is 17.2 Å². The summed E-state index contributed by atoms with van der Waals surface area (Å²) in [5.74, 6) is 1.44. The molecule has 7 heteroatoms. The lowest BCUT2D eigenvalue weighted by molar-refractivity contribution is -0.139. The Balaban J connectivity index is 2.09. The third-order valence-electron chi connectivity index (χ3n) is 2.57. The molecule has 0 spiro atoms. The summed E-state index contributed by atoms with van der Waals surface area (Å²) < 4.78 is 51.9. The summed E-state index contributed by atoms with van der Waals surface area (Å²) in [7, 11) is 1.74. The molecule has 1 N–H and O–H groups in total. The zero-order valence-corrected chi connectivity index (χ0v) is 10.3. The molecule has 1 aromatic rings. The Morgan fingerprint density at radius 3 is 2.58 bits per heavy atom. The van der Waals surface area contributed by atoms with Crippen LogP contribution < -0.4 is 19.5 Å². The minimum atomic E-state index is -4.22. The van der Waals surface area contributed by atoms with Crippen molar-refractivity contribution in [3.05, 3.63) is 17.7 Å². The van der Waals surface area contributed by atoms with E-state index in [0.29, 0.717) is 23.8 Å². The van der Waals surface area contributed by atoms with E-state index in [2.05, 4.69) is 5.32 Å². The first-order chi connectivity index (χ1) is 8.99. The first kappa shape index (κ1) is 13.8. The van der Waals surface area contributed by atoms with Crippen LogP contribution in [0.25, 0.3) is 0 Å². The number of nitrogens with one attached hydrogen (secondary N) is 1. The minimum absolute atomic E-state index is 0.111. The Labute approximate surface area is 108 Å². The molecule has 1 heterocycles. The zero-order valence-electron chi connectivity index (χ0n) is 10.3. The molecular formula is C12H14F3NO3. The van der Waals surface area contributed by atoms with Crippen molar-refractivity contribution >= 4 is 0 Å². The van der Waals surface area contributed by atoms with E-state index in [0.717, 1.165) is 5.56 Å². The van der Waals surface area contributed by atoms with Crippen molar-refractivity contribution in [1.82, 2.24) is 5.32 Å². The SMILES string of the molecule is CNCc1cc2c(cc1OCCC(F)(F)F)OCO2. The number of benzene rings is 1. The van der Waals surface area contributed by atoms with E-state index in [1.165, 1.54) is 0 Å². The van der Waals surface area contributed by atoms with Crippen molar-refractivity contribution in [2.24, 2.45) is 0 Å². The van der Waals surface area contributed by atoms with Gasteiger partial charge >= 0.3 is 6.18 Å². The van der Waals surface area contributed by atoms with E-state index < -0.39 is 19.2 Å². The first-order valence-electron chi connectivity index (χ1n) is 5.76. The van der Waals surface area contributed by atoms with Crippen LogP contribution in [-0.4, -0.2) is 26.6 Å². The highest BCUT2D eigenvalue weighted by molar-refractivity contribution is 5.51. The van der Waals surface area contributed by atoms with Crippen LogP contribution in [0.1, 0.15) is 12.0 Å². The lowest BCUT2D eigenvalue weighted by Gasteiger charge is -2.13. The predicted molar refractivity (Wildman–Crippen MR) is 61.5 cm³/mol. The Morgan fingerprint density at radius 2 is 1.95 bits per heavy atom. The second-order valence-electron chi connectivity index (χ2n) is 4.06. The average Bonchev–Trinajstić information content (AvgIpc) is 2.75. The maximum Gasteiger partial charge on any atom is 0.392 e. The fourth-order valence-electron chi connectivity index (χ4n) is 1.71. The summed E-state index contributed by atoms with van der Waals surface area (Å²) in [4.78, 5) is 0. The standard InChI is InChI=1S/C12H14F3NO3/c1-16-6-8-4-10-11(19-7-18-10)5-9(8)17-3-2-12(13,14)15/h4-5,16H,2-3,6-7H2,1H3. The Morgan fingerprint density at radius 1 is 1.26 bits per heavy atom. The zero-order chi connectivity index (χ0) is 13.9. The van der Waals surface area contributed by atoms with Gasteiger partial charge in [0.15, 0.2) is 11.5 Å². The van der Waals surface area contributed by atoms with Gasteiger partial charge < -0.3 is 19.5 Å². The maximum atomic E-state index is 12.1. The van der Waals surface area contributed by atoms with Gasteiger partial charge in [0.05, 0.1) is 13.0 Å². The summed E-state index contributed by atoms with van der Waals surface area (Å²) in [6.45, 7) is 0.165. The number of rotatable bonds is 5. The molecule has 1 aliphatic heterocycles. The van der Waals surface area contributed by atoms with Crippen LogP contribution in [0.2, 0.25) is 0 Å². The highest BCUT2D eigenvalue weighted by Gasteiger charge is 2.27. The van der Waals surface area contributed by atoms with Gasteiger partial charge in [0.2, 0.25) is 6.79 Å². The Bertz CT molecular complexity index is 449. The van der Waals surface area contributed by atoms with Gasteiger partial charge in [-0.3, -0.25) is 0 Å². The number of hydrogen-bond donors (Lipinski definition) is 1. The molecule has 0 amide bonds. The topological polar surface area (TPSA) is 39.7 Å².